The number of aryl methyl sites for hydroxylation is 1. The fraction of sp³-hybridized carbons (Fsp3) is 0.280. The van der Waals surface area contributed by atoms with Gasteiger partial charge in [-0.15, -0.1) is 11.3 Å². The van der Waals surface area contributed by atoms with Crippen LogP contribution in [0.4, 0.5) is 4.79 Å². The summed E-state index contributed by atoms with van der Waals surface area (Å²) in [5.41, 5.74) is 3.93. The number of carboxylic acid groups (broad SMARTS) is 1. The van der Waals surface area contributed by atoms with Crippen LogP contribution >= 0.6 is 11.3 Å². The molecule has 2 aromatic carbocycles. The van der Waals surface area contributed by atoms with E-state index in [1.54, 1.807) is 6.92 Å². The maximum Gasteiger partial charge on any atom is 0.407 e. The van der Waals surface area contributed by atoms with Crippen LogP contribution < -0.4 is 10.6 Å². The molecule has 1 fully saturated rings. The predicted molar refractivity (Wildman–Crippen MR) is 126 cm³/mol. The van der Waals surface area contributed by atoms with Gasteiger partial charge in [0.2, 0.25) is 0 Å². The van der Waals surface area contributed by atoms with Gasteiger partial charge in [-0.3, -0.25) is 4.79 Å². The number of amides is 2. The van der Waals surface area contributed by atoms with Crippen molar-refractivity contribution >= 4 is 29.3 Å². The highest BCUT2D eigenvalue weighted by molar-refractivity contribution is 7.13. The number of carbonyl (C=O) groups excluding carboxylic acids is 2. The Labute approximate surface area is 200 Å². The predicted octanol–water partition coefficient (Wildman–Crippen LogP) is 3.84. The molecule has 9 heteroatoms. The number of fused-ring (bicyclic) bond motifs is 3. The Morgan fingerprint density at radius 3 is 2.29 bits per heavy atom. The van der Waals surface area contributed by atoms with Gasteiger partial charge in [-0.1, -0.05) is 48.5 Å². The molecule has 174 valence electrons. The smallest absolute Gasteiger partial charge is 0.407 e. The SMILES string of the molecule is Cc1nc(CNC(=O)OCC2c3ccccc3-c3ccccc32)sc1C(=O)NC1(C(=O)O)CC1. The van der Waals surface area contributed by atoms with Crippen molar-refractivity contribution in [3.05, 3.63) is 75.2 Å². The molecule has 1 aromatic heterocycles. The van der Waals surface area contributed by atoms with Crippen LogP contribution in [0.25, 0.3) is 11.1 Å². The molecule has 0 bridgehead atoms. The van der Waals surface area contributed by atoms with Crippen molar-refractivity contribution in [2.24, 2.45) is 0 Å². The molecule has 2 amide bonds. The van der Waals surface area contributed by atoms with Gasteiger partial charge in [0.1, 0.15) is 22.0 Å². The average molecular weight is 478 g/mol. The largest absolute Gasteiger partial charge is 0.480 e. The summed E-state index contributed by atoms with van der Waals surface area (Å²) in [5.74, 6) is -1.51. The molecule has 0 unspecified atom stereocenters. The summed E-state index contributed by atoms with van der Waals surface area (Å²) in [6.07, 6.45) is 0.271. The Bertz CT molecular complexity index is 1250. The Morgan fingerprint density at radius 1 is 1.09 bits per heavy atom. The van der Waals surface area contributed by atoms with Gasteiger partial charge in [0, 0.05) is 5.92 Å². The Kier molecular flexibility index (Phi) is 5.57. The minimum atomic E-state index is -1.16. The van der Waals surface area contributed by atoms with Crippen molar-refractivity contribution in [1.82, 2.24) is 15.6 Å². The summed E-state index contributed by atoms with van der Waals surface area (Å²) >= 11 is 1.13. The van der Waals surface area contributed by atoms with E-state index in [-0.39, 0.29) is 19.1 Å². The van der Waals surface area contributed by atoms with Crippen molar-refractivity contribution < 1.29 is 24.2 Å². The van der Waals surface area contributed by atoms with Gasteiger partial charge >= 0.3 is 12.1 Å². The summed E-state index contributed by atoms with van der Waals surface area (Å²) in [7, 11) is 0. The lowest BCUT2D eigenvalue weighted by Gasteiger charge is -2.14. The summed E-state index contributed by atoms with van der Waals surface area (Å²) in [5, 5.41) is 15.1. The van der Waals surface area contributed by atoms with Crippen molar-refractivity contribution in [3.63, 3.8) is 0 Å². The summed E-state index contributed by atoms with van der Waals surface area (Å²) in [6.45, 7) is 2.00. The molecule has 5 rings (SSSR count). The Morgan fingerprint density at radius 2 is 1.71 bits per heavy atom. The van der Waals surface area contributed by atoms with Gasteiger partial charge in [-0.2, -0.15) is 0 Å². The molecule has 2 aliphatic carbocycles. The maximum absolute atomic E-state index is 12.5. The highest BCUT2D eigenvalue weighted by Crippen LogP contribution is 2.44. The number of rotatable bonds is 7. The molecule has 1 saturated carbocycles. The number of nitrogens with one attached hydrogen (secondary N) is 2. The topological polar surface area (TPSA) is 118 Å². The molecule has 1 heterocycles. The number of alkyl carbamates (subject to hydrolysis) is 1. The van der Waals surface area contributed by atoms with Gasteiger partial charge < -0.3 is 20.5 Å². The van der Waals surface area contributed by atoms with Crippen LogP contribution in [0.15, 0.2) is 48.5 Å². The van der Waals surface area contributed by atoms with E-state index in [1.165, 1.54) is 0 Å². The maximum atomic E-state index is 12.5. The van der Waals surface area contributed by atoms with E-state index in [0.717, 1.165) is 33.6 Å². The first kappa shape index (κ1) is 22.1. The van der Waals surface area contributed by atoms with E-state index in [9.17, 15) is 19.5 Å². The molecule has 0 saturated heterocycles. The number of hydrogen-bond acceptors (Lipinski definition) is 6. The molecule has 2 aliphatic rings. The van der Waals surface area contributed by atoms with Crippen LogP contribution in [0.2, 0.25) is 0 Å². The lowest BCUT2D eigenvalue weighted by atomic mass is 9.98. The van der Waals surface area contributed by atoms with Gasteiger partial charge in [-0.25, -0.2) is 14.6 Å². The third kappa shape index (κ3) is 4.03. The minimum absolute atomic E-state index is 0.0282. The highest BCUT2D eigenvalue weighted by atomic mass is 32.1. The van der Waals surface area contributed by atoms with Crippen molar-refractivity contribution in [1.29, 1.82) is 0 Å². The van der Waals surface area contributed by atoms with E-state index < -0.39 is 23.5 Å². The fourth-order valence-corrected chi connectivity index (χ4v) is 5.23. The van der Waals surface area contributed by atoms with Crippen LogP contribution in [0.3, 0.4) is 0 Å². The summed E-state index contributed by atoms with van der Waals surface area (Å²) < 4.78 is 5.53. The molecule has 3 N–H and O–H groups in total. The third-order valence-electron chi connectivity index (χ3n) is 6.29. The number of benzene rings is 2. The van der Waals surface area contributed by atoms with E-state index in [2.05, 4.69) is 39.9 Å². The van der Waals surface area contributed by atoms with E-state index in [4.69, 9.17) is 4.74 Å². The molecule has 8 nitrogen and oxygen atoms in total. The van der Waals surface area contributed by atoms with Crippen molar-refractivity contribution in [2.45, 2.75) is 37.8 Å². The number of aliphatic carboxylic acids is 1. The first-order valence-corrected chi connectivity index (χ1v) is 11.8. The van der Waals surface area contributed by atoms with E-state index in [0.29, 0.717) is 28.4 Å². The second-order valence-corrected chi connectivity index (χ2v) is 9.63. The van der Waals surface area contributed by atoms with E-state index >= 15 is 0 Å². The zero-order valence-corrected chi connectivity index (χ0v) is 19.3. The lowest BCUT2D eigenvalue weighted by molar-refractivity contribution is -0.140. The Balaban J connectivity index is 1.18. The average Bonchev–Trinajstić information content (AvgIpc) is 3.42. The van der Waals surface area contributed by atoms with Gasteiger partial charge in [0.15, 0.2) is 0 Å². The van der Waals surface area contributed by atoms with Gasteiger partial charge in [-0.05, 0) is 42.0 Å². The normalized spacial score (nSPS) is 15.2. The fourth-order valence-electron chi connectivity index (χ4n) is 4.33. The number of nitrogens with zero attached hydrogens (tertiary/aromatic N) is 1. The van der Waals surface area contributed by atoms with Crippen LogP contribution in [0.5, 0.6) is 0 Å². The first-order valence-electron chi connectivity index (χ1n) is 11.0. The standard InChI is InChI=1S/C25H23N3O5S/c1-14-21(22(29)28-25(10-11-25)23(30)31)34-20(27-14)12-26-24(32)33-13-19-17-8-4-2-6-15(17)16-7-3-5-9-18(16)19/h2-9,19H,10-13H2,1H3,(H,26,32)(H,28,29)(H,30,31). The number of carboxylic acids is 1. The minimum Gasteiger partial charge on any atom is -0.480 e. The molecular formula is C25H23N3O5S. The quantitative estimate of drug-likeness (QED) is 0.476. The second-order valence-electron chi connectivity index (χ2n) is 8.54. The number of aromatic nitrogens is 1. The molecule has 3 aromatic rings. The van der Waals surface area contributed by atoms with Crippen LogP contribution in [0.1, 0.15) is 50.3 Å². The molecule has 34 heavy (non-hydrogen) atoms. The molecule has 0 aliphatic heterocycles. The molecule has 0 atom stereocenters. The zero-order valence-electron chi connectivity index (χ0n) is 18.5. The van der Waals surface area contributed by atoms with Crippen LogP contribution in [-0.2, 0) is 16.1 Å². The highest BCUT2D eigenvalue weighted by Gasteiger charge is 2.52. The second kappa shape index (κ2) is 8.57. The number of thiazole rings is 1. The van der Waals surface area contributed by atoms with Crippen LogP contribution in [-0.4, -0.2) is 40.2 Å². The monoisotopic (exact) mass is 477 g/mol. The van der Waals surface area contributed by atoms with E-state index in [1.807, 2.05) is 24.3 Å². The van der Waals surface area contributed by atoms with Crippen molar-refractivity contribution in [2.75, 3.05) is 6.61 Å². The molecule has 0 spiro atoms. The number of hydrogen-bond donors (Lipinski definition) is 3. The number of ether oxygens (including phenoxy) is 1. The summed E-state index contributed by atoms with van der Waals surface area (Å²) in [4.78, 5) is 40.9. The number of carbonyl (C=O) groups is 3. The third-order valence-corrected chi connectivity index (χ3v) is 7.44. The Hall–Kier alpha value is -3.72. The van der Waals surface area contributed by atoms with Crippen LogP contribution in [0, 0.1) is 6.92 Å². The van der Waals surface area contributed by atoms with Gasteiger partial charge in [0.25, 0.3) is 5.91 Å². The van der Waals surface area contributed by atoms with Gasteiger partial charge in [0.05, 0.1) is 12.2 Å². The molecular weight excluding hydrogens is 454 g/mol. The van der Waals surface area contributed by atoms with Crippen molar-refractivity contribution in [3.8, 4) is 11.1 Å². The summed E-state index contributed by atoms with van der Waals surface area (Å²) in [6, 6.07) is 16.2. The lowest BCUT2D eigenvalue weighted by Crippen LogP contribution is -2.42. The zero-order chi connectivity index (χ0) is 23.9. The first-order chi connectivity index (χ1) is 16.4. The molecule has 0 radical (unpaired) electrons.